The minimum Gasteiger partial charge on any atom is -0.396 e. The van der Waals surface area contributed by atoms with Crippen LogP contribution in [0.1, 0.15) is 51.4 Å². The van der Waals surface area contributed by atoms with Crippen molar-refractivity contribution in [1.82, 2.24) is 10.6 Å². The predicted octanol–water partition coefficient (Wildman–Crippen LogP) is 1.68. The van der Waals surface area contributed by atoms with E-state index in [4.69, 9.17) is 9.47 Å². The first-order valence-electron chi connectivity index (χ1n) is 9.53. The molecule has 24 heavy (non-hydrogen) atoms. The van der Waals surface area contributed by atoms with Gasteiger partial charge in [-0.25, -0.2) is 0 Å². The van der Waals surface area contributed by atoms with Gasteiger partial charge in [-0.05, 0) is 25.7 Å². The molecule has 2 rings (SSSR count). The van der Waals surface area contributed by atoms with Crippen LogP contribution in [-0.4, -0.2) is 63.7 Å². The number of ether oxygens (including phenoxy) is 2. The van der Waals surface area contributed by atoms with Crippen LogP contribution in [-0.2, 0) is 9.47 Å². The van der Waals surface area contributed by atoms with Crippen molar-refractivity contribution in [1.29, 1.82) is 0 Å². The molecule has 6 nitrogen and oxygen atoms in total. The van der Waals surface area contributed by atoms with Gasteiger partial charge in [0.1, 0.15) is 0 Å². The average molecular weight is 341 g/mol. The first-order valence-corrected chi connectivity index (χ1v) is 9.53. The highest BCUT2D eigenvalue weighted by Gasteiger charge is 2.34. The fourth-order valence-corrected chi connectivity index (χ4v) is 3.61. The molecule has 3 N–H and O–H groups in total. The number of aliphatic hydroxyl groups is 1. The lowest BCUT2D eigenvalue weighted by Gasteiger charge is -2.27. The molecule has 1 saturated heterocycles. The number of aliphatic imine (C=N–C) groups is 1. The smallest absolute Gasteiger partial charge is 0.191 e. The van der Waals surface area contributed by atoms with Crippen molar-refractivity contribution >= 4 is 5.96 Å². The first-order chi connectivity index (χ1) is 11.8. The normalized spacial score (nSPS) is 26.3. The van der Waals surface area contributed by atoms with Crippen molar-refractivity contribution in [2.45, 2.75) is 57.5 Å². The molecule has 0 bridgehead atoms. The SMILES string of the molecule is CN=C(NCCOC1CCCCCC1)NCC1(CCO)CCOC1. The van der Waals surface area contributed by atoms with Crippen molar-refractivity contribution in [2.75, 3.05) is 46.6 Å². The van der Waals surface area contributed by atoms with Crippen molar-refractivity contribution in [3.05, 3.63) is 0 Å². The van der Waals surface area contributed by atoms with Crippen LogP contribution in [0.25, 0.3) is 0 Å². The number of guanidine groups is 1. The molecular formula is C18H35N3O3. The van der Waals surface area contributed by atoms with Crippen LogP contribution in [0.5, 0.6) is 0 Å². The van der Waals surface area contributed by atoms with E-state index < -0.39 is 0 Å². The van der Waals surface area contributed by atoms with Gasteiger partial charge in [0, 0.05) is 38.8 Å². The van der Waals surface area contributed by atoms with Crippen LogP contribution in [0, 0.1) is 5.41 Å². The molecule has 1 atom stereocenters. The molecule has 0 radical (unpaired) electrons. The Morgan fingerprint density at radius 1 is 1.25 bits per heavy atom. The van der Waals surface area contributed by atoms with Crippen molar-refractivity contribution in [3.63, 3.8) is 0 Å². The second-order valence-corrected chi connectivity index (χ2v) is 7.11. The zero-order valence-corrected chi connectivity index (χ0v) is 15.2. The van der Waals surface area contributed by atoms with E-state index in [2.05, 4.69) is 15.6 Å². The first kappa shape index (κ1) is 19.5. The fraction of sp³-hybridized carbons (Fsp3) is 0.944. The maximum Gasteiger partial charge on any atom is 0.191 e. The molecule has 0 aromatic heterocycles. The monoisotopic (exact) mass is 341 g/mol. The zero-order chi connectivity index (χ0) is 17.1. The molecule has 0 amide bonds. The Morgan fingerprint density at radius 3 is 2.67 bits per heavy atom. The van der Waals surface area contributed by atoms with E-state index in [1.807, 2.05) is 0 Å². The van der Waals surface area contributed by atoms with Crippen molar-refractivity contribution < 1.29 is 14.6 Å². The van der Waals surface area contributed by atoms with Gasteiger partial charge in [0.05, 0.1) is 19.3 Å². The average Bonchev–Trinajstić information content (AvgIpc) is 2.90. The molecule has 1 unspecified atom stereocenters. The highest BCUT2D eigenvalue weighted by atomic mass is 16.5. The van der Waals surface area contributed by atoms with Crippen LogP contribution < -0.4 is 10.6 Å². The van der Waals surface area contributed by atoms with Gasteiger partial charge in [-0.3, -0.25) is 4.99 Å². The molecule has 140 valence electrons. The molecule has 1 aliphatic carbocycles. The summed E-state index contributed by atoms with van der Waals surface area (Å²) in [5.74, 6) is 0.795. The Labute approximate surface area is 146 Å². The molecule has 2 aliphatic rings. The Kier molecular flexibility index (Phi) is 8.84. The predicted molar refractivity (Wildman–Crippen MR) is 96.4 cm³/mol. The second kappa shape index (κ2) is 10.9. The Bertz CT molecular complexity index is 363. The van der Waals surface area contributed by atoms with Crippen LogP contribution in [0.2, 0.25) is 0 Å². The molecule has 0 aromatic carbocycles. The summed E-state index contributed by atoms with van der Waals surface area (Å²) in [5.41, 5.74) is 0.0310. The van der Waals surface area contributed by atoms with Gasteiger partial charge in [0.2, 0.25) is 0 Å². The Hall–Kier alpha value is -0.850. The molecular weight excluding hydrogens is 306 g/mol. The highest BCUT2D eigenvalue weighted by molar-refractivity contribution is 5.79. The summed E-state index contributed by atoms with van der Waals surface area (Å²) < 4.78 is 11.5. The summed E-state index contributed by atoms with van der Waals surface area (Å²) in [5, 5.41) is 16.0. The van der Waals surface area contributed by atoms with Crippen LogP contribution >= 0.6 is 0 Å². The topological polar surface area (TPSA) is 75.1 Å². The fourth-order valence-electron chi connectivity index (χ4n) is 3.61. The largest absolute Gasteiger partial charge is 0.396 e. The number of aliphatic hydroxyl groups excluding tert-OH is 1. The van der Waals surface area contributed by atoms with Gasteiger partial charge in [-0.1, -0.05) is 25.7 Å². The third kappa shape index (κ3) is 6.57. The number of hydrogen-bond donors (Lipinski definition) is 3. The van der Waals surface area contributed by atoms with Gasteiger partial charge < -0.3 is 25.2 Å². The van der Waals surface area contributed by atoms with Gasteiger partial charge in [-0.2, -0.15) is 0 Å². The molecule has 1 heterocycles. The summed E-state index contributed by atoms with van der Waals surface area (Å²) in [6.07, 6.45) is 9.92. The van der Waals surface area contributed by atoms with Gasteiger partial charge in [-0.15, -0.1) is 0 Å². The Balaban J connectivity index is 1.63. The molecule has 6 heteroatoms. The van der Waals surface area contributed by atoms with E-state index in [1.165, 1.54) is 38.5 Å². The molecule has 0 spiro atoms. The second-order valence-electron chi connectivity index (χ2n) is 7.11. The number of nitrogens with zero attached hydrogens (tertiary/aromatic N) is 1. The Morgan fingerprint density at radius 2 is 2.04 bits per heavy atom. The summed E-state index contributed by atoms with van der Waals surface area (Å²) >= 11 is 0. The van der Waals surface area contributed by atoms with Crippen LogP contribution in [0.4, 0.5) is 0 Å². The molecule has 1 aliphatic heterocycles. The standard InChI is InChI=1S/C18H35N3O3/c1-19-17(21-14-18(8-11-22)9-12-23-15-18)20-10-13-24-16-6-4-2-3-5-7-16/h16,22H,2-15H2,1H3,(H2,19,20,21). The third-order valence-electron chi connectivity index (χ3n) is 5.23. The molecule has 1 saturated carbocycles. The quantitative estimate of drug-likeness (QED) is 0.271. The minimum atomic E-state index is 0.0310. The van der Waals surface area contributed by atoms with Crippen LogP contribution in [0.15, 0.2) is 4.99 Å². The van der Waals surface area contributed by atoms with Crippen LogP contribution in [0.3, 0.4) is 0 Å². The maximum atomic E-state index is 9.29. The van der Waals surface area contributed by atoms with E-state index >= 15 is 0 Å². The van der Waals surface area contributed by atoms with E-state index in [9.17, 15) is 5.11 Å². The number of nitrogens with one attached hydrogen (secondary N) is 2. The lowest BCUT2D eigenvalue weighted by molar-refractivity contribution is 0.0467. The van der Waals surface area contributed by atoms with Crippen molar-refractivity contribution in [2.24, 2.45) is 10.4 Å². The summed E-state index contributed by atoms with van der Waals surface area (Å²) in [7, 11) is 1.78. The minimum absolute atomic E-state index is 0.0310. The summed E-state index contributed by atoms with van der Waals surface area (Å²) in [4.78, 5) is 4.28. The summed E-state index contributed by atoms with van der Waals surface area (Å²) in [6.45, 7) is 3.95. The number of hydrogen-bond acceptors (Lipinski definition) is 4. The summed E-state index contributed by atoms with van der Waals surface area (Å²) in [6, 6.07) is 0. The van der Waals surface area contributed by atoms with Crippen molar-refractivity contribution in [3.8, 4) is 0 Å². The van der Waals surface area contributed by atoms with Gasteiger partial charge in [0.25, 0.3) is 0 Å². The van der Waals surface area contributed by atoms with E-state index in [-0.39, 0.29) is 12.0 Å². The highest BCUT2D eigenvalue weighted by Crippen LogP contribution is 2.31. The zero-order valence-electron chi connectivity index (χ0n) is 15.2. The van der Waals surface area contributed by atoms with E-state index in [0.717, 1.165) is 45.1 Å². The molecule has 0 aromatic rings. The van der Waals surface area contributed by atoms with Gasteiger partial charge in [0.15, 0.2) is 5.96 Å². The van der Waals surface area contributed by atoms with E-state index in [0.29, 0.717) is 12.7 Å². The lowest BCUT2D eigenvalue weighted by atomic mass is 9.84. The van der Waals surface area contributed by atoms with Gasteiger partial charge >= 0.3 is 0 Å². The number of rotatable bonds is 8. The van der Waals surface area contributed by atoms with E-state index in [1.54, 1.807) is 7.05 Å². The lowest BCUT2D eigenvalue weighted by Crippen LogP contribution is -2.45. The maximum absolute atomic E-state index is 9.29. The third-order valence-corrected chi connectivity index (χ3v) is 5.23. The molecule has 2 fully saturated rings.